The van der Waals surface area contributed by atoms with Crippen LogP contribution in [-0.2, 0) is 24.0 Å². The van der Waals surface area contributed by atoms with Crippen molar-refractivity contribution >= 4 is 30.9 Å². The summed E-state index contributed by atoms with van der Waals surface area (Å²) in [6.45, 7) is 0. The van der Waals surface area contributed by atoms with E-state index in [1.807, 2.05) is 0 Å². The molecule has 0 rings (SSSR count). The smallest absolute Gasteiger partial charge is 0.303 e. The Balaban J connectivity index is -0.0000000800. The molecule has 0 bridgehead atoms. The van der Waals surface area contributed by atoms with Crippen LogP contribution in [-0.4, -0.2) is 37.7 Å². The van der Waals surface area contributed by atoms with Crippen LogP contribution in [0.25, 0.3) is 0 Å². The van der Waals surface area contributed by atoms with Crippen molar-refractivity contribution in [1.82, 2.24) is 0 Å². The quantitative estimate of drug-likeness (QED) is 0.309. The Morgan fingerprint density at radius 1 is 1.14 bits per heavy atom. The van der Waals surface area contributed by atoms with Crippen molar-refractivity contribution in [3.63, 3.8) is 0 Å². The molecule has 7 heavy (non-hydrogen) atoms. The Morgan fingerprint density at radius 3 is 1.14 bits per heavy atom. The molecular formula is H5MgO4PZn. The molecule has 0 saturated carbocycles. The van der Waals surface area contributed by atoms with Crippen LogP contribution in [0.5, 0.6) is 0 Å². The molecule has 0 aromatic rings. The molecular weight excluding hydrogens is 185 g/mol. The minimum absolute atomic E-state index is 0. The summed E-state index contributed by atoms with van der Waals surface area (Å²) in [5.41, 5.74) is 0. The minimum Gasteiger partial charge on any atom is -0.303 e. The Labute approximate surface area is 69.5 Å². The average molecular weight is 190 g/mol. The van der Waals surface area contributed by atoms with Gasteiger partial charge in [-0.2, -0.15) is 0 Å². The molecule has 0 atom stereocenters. The molecule has 3 N–H and O–H groups in total. The third-order valence-corrected chi connectivity index (χ3v) is 0. The largest absolute Gasteiger partial charge is 0.466 e. The molecule has 0 aromatic carbocycles. The van der Waals surface area contributed by atoms with Crippen LogP contribution in [0.1, 0.15) is 0 Å². The number of rotatable bonds is 0. The summed E-state index contributed by atoms with van der Waals surface area (Å²) in [5.74, 6) is 0. The molecule has 0 saturated heterocycles. The Bertz CT molecular complexity index is 57.8. The monoisotopic (exact) mass is 188 g/mol. The summed E-state index contributed by atoms with van der Waals surface area (Å²) in [7, 11) is -4.64. The van der Waals surface area contributed by atoms with Gasteiger partial charge in [-0.1, -0.05) is 0 Å². The zero-order valence-electron chi connectivity index (χ0n) is 2.90. The zero-order valence-corrected chi connectivity index (χ0v) is 6.77. The van der Waals surface area contributed by atoms with Crippen molar-refractivity contribution in [2.24, 2.45) is 0 Å². The molecule has 0 aliphatic carbocycles. The molecule has 0 unspecified atom stereocenters. The Kier molecular flexibility index (Phi) is 12.7. The maximum Gasteiger partial charge on any atom is 0.466 e. The van der Waals surface area contributed by atoms with Gasteiger partial charge in [0.2, 0.25) is 0 Å². The maximum atomic E-state index is 8.88. The summed E-state index contributed by atoms with van der Waals surface area (Å²) in [6, 6.07) is 0. The molecule has 0 heterocycles. The molecule has 0 fully saturated rings. The van der Waals surface area contributed by atoms with Crippen LogP contribution >= 0.6 is 7.82 Å². The average Bonchev–Trinajstić information content (AvgIpc) is 0.722. The second kappa shape index (κ2) is 5.63. The fourth-order valence-electron chi connectivity index (χ4n) is 0. The van der Waals surface area contributed by atoms with Gasteiger partial charge in [0.1, 0.15) is 0 Å². The van der Waals surface area contributed by atoms with Gasteiger partial charge in [0, 0.05) is 19.5 Å². The van der Waals surface area contributed by atoms with E-state index in [9.17, 15) is 0 Å². The van der Waals surface area contributed by atoms with Crippen molar-refractivity contribution < 1.29 is 38.7 Å². The van der Waals surface area contributed by atoms with E-state index in [4.69, 9.17) is 19.2 Å². The van der Waals surface area contributed by atoms with Gasteiger partial charge in [0.05, 0.1) is 0 Å². The van der Waals surface area contributed by atoms with Gasteiger partial charge in [-0.05, 0) is 0 Å². The molecule has 0 aliphatic rings. The third-order valence-electron chi connectivity index (χ3n) is 0. The van der Waals surface area contributed by atoms with E-state index >= 15 is 0 Å². The van der Waals surface area contributed by atoms with Crippen LogP contribution in [0.3, 0.4) is 0 Å². The third kappa shape index (κ3) is 101. The second-order valence-electron chi connectivity index (χ2n) is 0.513. The summed E-state index contributed by atoms with van der Waals surface area (Å²) in [5, 5.41) is 0. The summed E-state index contributed by atoms with van der Waals surface area (Å²) < 4.78 is 8.88. The molecule has 0 spiro atoms. The van der Waals surface area contributed by atoms with Gasteiger partial charge in [-0.3, -0.25) is 0 Å². The van der Waals surface area contributed by atoms with Gasteiger partial charge in [-0.15, -0.1) is 0 Å². The van der Waals surface area contributed by atoms with Gasteiger partial charge in [0.25, 0.3) is 0 Å². The molecule has 0 amide bonds. The molecule has 0 aliphatic heterocycles. The van der Waals surface area contributed by atoms with E-state index in [-0.39, 0.29) is 42.5 Å². The van der Waals surface area contributed by atoms with E-state index in [1.165, 1.54) is 0 Å². The van der Waals surface area contributed by atoms with E-state index in [0.29, 0.717) is 0 Å². The summed E-state index contributed by atoms with van der Waals surface area (Å²) >= 11 is 0. The fourth-order valence-corrected chi connectivity index (χ4v) is 0. The Morgan fingerprint density at radius 2 is 1.14 bits per heavy atom. The van der Waals surface area contributed by atoms with Crippen LogP contribution < -0.4 is 0 Å². The summed E-state index contributed by atoms with van der Waals surface area (Å²) in [4.78, 5) is 21.6. The first-order chi connectivity index (χ1) is 2.00. The van der Waals surface area contributed by atoms with Crippen LogP contribution in [0, 0.1) is 0 Å². The first kappa shape index (κ1) is 15.8. The fraction of sp³-hybridized carbons (Fsp3) is 0. The predicted molar refractivity (Wildman–Crippen MR) is 22.8 cm³/mol. The van der Waals surface area contributed by atoms with Crippen molar-refractivity contribution in [3.8, 4) is 0 Å². The molecule has 0 aromatic heterocycles. The van der Waals surface area contributed by atoms with Gasteiger partial charge in [0.15, 0.2) is 0 Å². The van der Waals surface area contributed by atoms with Crippen molar-refractivity contribution in [2.75, 3.05) is 0 Å². The molecule has 0 radical (unpaired) electrons. The van der Waals surface area contributed by atoms with E-state index in [2.05, 4.69) is 0 Å². The SMILES string of the molecule is O=P(O)(O)O.[MgH2].[Zn]. The van der Waals surface area contributed by atoms with Crippen LogP contribution in [0.15, 0.2) is 0 Å². The summed E-state index contributed by atoms with van der Waals surface area (Å²) in [6.07, 6.45) is 0. The van der Waals surface area contributed by atoms with Crippen molar-refractivity contribution in [2.45, 2.75) is 0 Å². The number of hydrogen-bond donors (Lipinski definition) is 3. The molecule has 38 valence electrons. The standard InChI is InChI=1S/Mg.H3O4P.Zn.2H/c;1-5(2,3)4;;;/h;(H3,1,2,3,4);;;. The second-order valence-corrected chi connectivity index (χ2v) is 1.54. The maximum absolute atomic E-state index is 8.88. The Hall–Kier alpha value is 1.50. The normalized spacial score (nSPS) is 8.43. The minimum atomic E-state index is -4.64. The van der Waals surface area contributed by atoms with Crippen molar-refractivity contribution in [1.29, 1.82) is 0 Å². The van der Waals surface area contributed by atoms with Gasteiger partial charge >= 0.3 is 30.9 Å². The topological polar surface area (TPSA) is 77.8 Å². The zero-order chi connectivity index (χ0) is 4.50. The predicted octanol–water partition coefficient (Wildman–Crippen LogP) is -1.85. The van der Waals surface area contributed by atoms with E-state index in [0.717, 1.165) is 0 Å². The number of hydrogen-bond acceptors (Lipinski definition) is 1. The number of phosphoric acid groups is 1. The van der Waals surface area contributed by atoms with Gasteiger partial charge in [-0.25, -0.2) is 4.57 Å². The van der Waals surface area contributed by atoms with E-state index < -0.39 is 7.82 Å². The first-order valence-corrected chi connectivity index (χ1v) is 2.35. The van der Waals surface area contributed by atoms with Crippen LogP contribution in [0.4, 0.5) is 0 Å². The van der Waals surface area contributed by atoms with E-state index in [1.54, 1.807) is 0 Å². The van der Waals surface area contributed by atoms with Crippen LogP contribution in [0.2, 0.25) is 0 Å². The van der Waals surface area contributed by atoms with Crippen molar-refractivity contribution in [3.05, 3.63) is 0 Å². The first-order valence-electron chi connectivity index (χ1n) is 0.783. The molecule has 7 heteroatoms. The molecule has 4 nitrogen and oxygen atoms in total. The van der Waals surface area contributed by atoms with Gasteiger partial charge < -0.3 is 14.7 Å².